The Balaban J connectivity index is 0. The zero-order chi connectivity index (χ0) is 20.3. The Morgan fingerprint density at radius 2 is 1.25 bits per heavy atom. The molecule has 0 aliphatic carbocycles. The van der Waals surface area contributed by atoms with E-state index in [9.17, 15) is 9.90 Å². The standard InChI is InChI=1S/C24H45NO2.K/c1-5-9-11-13-15-17-19-22(7-3)25(21-24(26)27)23(8-4)20-18-16-14-12-10-6-2;/h5-6,9-10,22-23H,7-8,11-21H2,1-4H3,(H,26,27);/q;+1/p-1/b9-5+,10-6+;. The van der Waals surface area contributed by atoms with Crippen LogP contribution < -0.4 is 56.5 Å². The van der Waals surface area contributed by atoms with Crippen LogP contribution in [0.2, 0.25) is 0 Å². The fourth-order valence-electron chi connectivity index (χ4n) is 3.89. The van der Waals surface area contributed by atoms with Crippen LogP contribution in [0.5, 0.6) is 0 Å². The fraction of sp³-hybridized carbons (Fsp3) is 0.792. The van der Waals surface area contributed by atoms with Crippen LogP contribution in [0.25, 0.3) is 0 Å². The number of carboxylic acids is 1. The summed E-state index contributed by atoms with van der Waals surface area (Å²) in [5.74, 6) is -0.937. The molecule has 0 rings (SSSR count). The molecule has 0 saturated heterocycles. The molecule has 0 fully saturated rings. The first-order valence-corrected chi connectivity index (χ1v) is 11.3. The summed E-state index contributed by atoms with van der Waals surface area (Å²) >= 11 is 0. The van der Waals surface area contributed by atoms with Crippen LogP contribution in [0.3, 0.4) is 0 Å². The summed E-state index contributed by atoms with van der Waals surface area (Å²) in [5.41, 5.74) is 0. The number of carbonyl (C=O) groups excluding carboxylic acids is 1. The van der Waals surface area contributed by atoms with Crippen molar-refractivity contribution in [3.05, 3.63) is 24.3 Å². The normalized spacial score (nSPS) is 13.9. The molecule has 28 heavy (non-hydrogen) atoms. The Morgan fingerprint density at radius 3 is 1.57 bits per heavy atom. The quantitative estimate of drug-likeness (QED) is 0.196. The Morgan fingerprint density at radius 1 is 0.821 bits per heavy atom. The molecule has 0 heterocycles. The Bertz CT molecular complexity index is 379. The second kappa shape index (κ2) is 22.2. The molecule has 2 atom stereocenters. The van der Waals surface area contributed by atoms with Crippen LogP contribution in [-0.4, -0.2) is 29.5 Å². The number of allylic oxidation sites excluding steroid dienone is 4. The zero-order valence-electron chi connectivity index (χ0n) is 19.4. The monoisotopic (exact) mass is 417 g/mol. The molecule has 0 aromatic carbocycles. The van der Waals surface area contributed by atoms with E-state index in [1.807, 2.05) is 0 Å². The van der Waals surface area contributed by atoms with Crippen molar-refractivity contribution in [3.8, 4) is 0 Å². The first-order valence-electron chi connectivity index (χ1n) is 11.3. The van der Waals surface area contributed by atoms with E-state index in [0.29, 0.717) is 12.1 Å². The minimum atomic E-state index is -0.937. The van der Waals surface area contributed by atoms with E-state index in [2.05, 4.69) is 56.9 Å². The average molecular weight is 418 g/mol. The molecule has 0 N–H and O–H groups in total. The van der Waals surface area contributed by atoms with E-state index < -0.39 is 5.97 Å². The third-order valence-corrected chi connectivity index (χ3v) is 5.48. The Kier molecular flexibility index (Phi) is 24.4. The topological polar surface area (TPSA) is 43.4 Å². The van der Waals surface area contributed by atoms with Gasteiger partial charge in [0.2, 0.25) is 0 Å². The van der Waals surface area contributed by atoms with Crippen molar-refractivity contribution in [1.82, 2.24) is 4.90 Å². The molecule has 0 saturated carbocycles. The molecule has 0 spiro atoms. The molecule has 0 aliphatic heterocycles. The maximum Gasteiger partial charge on any atom is 1.00 e. The number of nitrogens with zero attached hydrogens (tertiary/aromatic N) is 1. The van der Waals surface area contributed by atoms with Gasteiger partial charge in [-0.05, 0) is 65.2 Å². The molecule has 158 valence electrons. The minimum Gasteiger partial charge on any atom is -0.549 e. The molecule has 4 heteroatoms. The largest absolute Gasteiger partial charge is 1.00 e. The van der Waals surface area contributed by atoms with Gasteiger partial charge < -0.3 is 9.90 Å². The van der Waals surface area contributed by atoms with Crippen molar-refractivity contribution in [3.63, 3.8) is 0 Å². The molecule has 0 radical (unpaired) electrons. The summed E-state index contributed by atoms with van der Waals surface area (Å²) in [7, 11) is 0. The Labute approximate surface area is 217 Å². The molecule has 0 aromatic rings. The van der Waals surface area contributed by atoms with Gasteiger partial charge in [-0.15, -0.1) is 0 Å². The molecular formula is C24H44KNO2. The van der Waals surface area contributed by atoms with E-state index in [1.165, 1.54) is 38.5 Å². The maximum absolute atomic E-state index is 11.4. The predicted molar refractivity (Wildman–Crippen MR) is 116 cm³/mol. The number of unbranched alkanes of at least 4 members (excludes halogenated alkanes) is 6. The van der Waals surface area contributed by atoms with Gasteiger partial charge in [0.15, 0.2) is 0 Å². The number of aliphatic carboxylic acids is 1. The summed E-state index contributed by atoms with van der Waals surface area (Å²) in [6.07, 6.45) is 22.5. The van der Waals surface area contributed by atoms with Gasteiger partial charge in [-0.1, -0.05) is 63.8 Å². The molecule has 2 unspecified atom stereocenters. The van der Waals surface area contributed by atoms with E-state index in [1.54, 1.807) is 0 Å². The number of hydrogen-bond donors (Lipinski definition) is 0. The first kappa shape index (κ1) is 30.7. The van der Waals surface area contributed by atoms with Crippen molar-refractivity contribution >= 4 is 5.97 Å². The Hall–Kier alpha value is 0.546. The van der Waals surface area contributed by atoms with Gasteiger partial charge >= 0.3 is 51.4 Å². The predicted octanol–water partition coefficient (Wildman–Crippen LogP) is 2.65. The third kappa shape index (κ3) is 16.4. The van der Waals surface area contributed by atoms with Crippen molar-refractivity contribution in [1.29, 1.82) is 0 Å². The molecule has 0 aliphatic rings. The fourth-order valence-corrected chi connectivity index (χ4v) is 3.89. The van der Waals surface area contributed by atoms with E-state index in [-0.39, 0.29) is 57.9 Å². The first-order chi connectivity index (χ1) is 13.1. The van der Waals surface area contributed by atoms with Gasteiger partial charge in [-0.2, -0.15) is 0 Å². The summed E-state index contributed by atoms with van der Waals surface area (Å²) < 4.78 is 0. The molecular weight excluding hydrogens is 373 g/mol. The second-order valence-corrected chi connectivity index (χ2v) is 7.58. The van der Waals surface area contributed by atoms with Crippen molar-refractivity contribution < 1.29 is 61.3 Å². The molecule has 3 nitrogen and oxygen atoms in total. The van der Waals surface area contributed by atoms with Crippen molar-refractivity contribution in [2.45, 2.75) is 117 Å². The van der Waals surface area contributed by atoms with Crippen molar-refractivity contribution in [2.75, 3.05) is 6.54 Å². The zero-order valence-corrected chi connectivity index (χ0v) is 22.5. The summed E-state index contributed by atoms with van der Waals surface area (Å²) in [5, 5.41) is 11.4. The SMILES string of the molecule is C/C=C/CCCCCC(CC)N(CC(=O)[O-])C(CC)CCCCC/C=C/C.[K+]. The van der Waals surface area contributed by atoms with Crippen LogP contribution in [0.4, 0.5) is 0 Å². The van der Waals surface area contributed by atoms with Gasteiger partial charge in [0, 0.05) is 18.6 Å². The average Bonchev–Trinajstić information content (AvgIpc) is 2.65. The maximum atomic E-state index is 11.4. The van der Waals surface area contributed by atoms with Crippen LogP contribution in [0.1, 0.15) is 105 Å². The third-order valence-electron chi connectivity index (χ3n) is 5.48. The smallest absolute Gasteiger partial charge is 0.549 e. The summed E-state index contributed by atoms with van der Waals surface area (Å²) in [6, 6.07) is 0.718. The van der Waals surface area contributed by atoms with Gasteiger partial charge in [0.05, 0.1) is 5.97 Å². The van der Waals surface area contributed by atoms with Crippen LogP contribution >= 0.6 is 0 Å². The minimum absolute atomic E-state index is 0. The molecule has 0 aromatic heterocycles. The van der Waals surface area contributed by atoms with Crippen LogP contribution in [-0.2, 0) is 4.79 Å². The summed E-state index contributed by atoms with van der Waals surface area (Å²) in [6.45, 7) is 8.59. The summed E-state index contributed by atoms with van der Waals surface area (Å²) in [4.78, 5) is 13.6. The number of carbonyl (C=O) groups is 1. The van der Waals surface area contributed by atoms with Gasteiger partial charge in [-0.25, -0.2) is 0 Å². The van der Waals surface area contributed by atoms with E-state index in [4.69, 9.17) is 0 Å². The van der Waals surface area contributed by atoms with Crippen molar-refractivity contribution in [2.24, 2.45) is 0 Å². The van der Waals surface area contributed by atoms with Crippen LogP contribution in [0, 0.1) is 0 Å². The van der Waals surface area contributed by atoms with Crippen LogP contribution in [0.15, 0.2) is 24.3 Å². The van der Waals surface area contributed by atoms with E-state index in [0.717, 1.165) is 38.5 Å². The number of carboxylic acid groups (broad SMARTS) is 1. The van der Waals surface area contributed by atoms with Gasteiger partial charge in [-0.3, -0.25) is 4.90 Å². The molecule has 0 amide bonds. The number of rotatable bonds is 18. The van der Waals surface area contributed by atoms with Gasteiger partial charge in [0.1, 0.15) is 0 Å². The molecule has 0 bridgehead atoms. The number of hydrogen-bond acceptors (Lipinski definition) is 3. The van der Waals surface area contributed by atoms with Gasteiger partial charge in [0.25, 0.3) is 0 Å². The van der Waals surface area contributed by atoms with E-state index >= 15 is 0 Å². The second-order valence-electron chi connectivity index (χ2n) is 7.58.